The Hall–Kier alpha value is -2.63. The Bertz CT molecular complexity index is 871. The molecule has 2 aromatic rings. The first-order chi connectivity index (χ1) is 14.2. The van der Waals surface area contributed by atoms with E-state index in [4.69, 9.17) is 4.74 Å². The number of benzene rings is 1. The summed E-state index contributed by atoms with van der Waals surface area (Å²) in [7, 11) is -1.82. The fourth-order valence-electron chi connectivity index (χ4n) is 3.28. The van der Waals surface area contributed by atoms with Crippen LogP contribution in [0.15, 0.2) is 42.6 Å². The number of aliphatic hydroxyl groups excluding tert-OH is 1. The van der Waals surface area contributed by atoms with Crippen LogP contribution in [0.25, 0.3) is 0 Å². The maximum absolute atomic E-state index is 12.6. The van der Waals surface area contributed by atoms with Crippen molar-refractivity contribution in [1.29, 1.82) is 0 Å². The van der Waals surface area contributed by atoms with Crippen LogP contribution in [0.4, 0.5) is 13.2 Å². The molecular formula is C19H20BF3N2O5. The summed E-state index contributed by atoms with van der Waals surface area (Å²) in [6.45, 7) is 0.538. The molecule has 1 fully saturated rings. The van der Waals surface area contributed by atoms with Crippen LogP contribution in [0.5, 0.6) is 5.88 Å². The van der Waals surface area contributed by atoms with E-state index in [-0.39, 0.29) is 36.1 Å². The van der Waals surface area contributed by atoms with Crippen molar-refractivity contribution in [3.63, 3.8) is 0 Å². The first kappa shape index (κ1) is 22.1. The van der Waals surface area contributed by atoms with E-state index in [0.717, 1.165) is 12.1 Å². The fraction of sp³-hybridized carbons (Fsp3) is 0.368. The number of alkyl halides is 3. The Kier molecular flexibility index (Phi) is 6.64. The number of amides is 1. The Morgan fingerprint density at radius 3 is 2.40 bits per heavy atom. The SMILES string of the molecule is O=C(C(O)c1ccccc1B(O)O)N1CCC(Oc2ccc(C(F)(F)F)cn2)CC1. The van der Waals surface area contributed by atoms with Gasteiger partial charge in [-0.2, -0.15) is 13.2 Å². The molecule has 11 heteroatoms. The second-order valence-electron chi connectivity index (χ2n) is 6.93. The van der Waals surface area contributed by atoms with E-state index in [0.29, 0.717) is 19.0 Å². The molecule has 1 aromatic heterocycles. The van der Waals surface area contributed by atoms with Crippen LogP contribution in [0.2, 0.25) is 0 Å². The maximum Gasteiger partial charge on any atom is 0.488 e. The predicted octanol–water partition coefficient (Wildman–Crippen LogP) is 0.884. The van der Waals surface area contributed by atoms with Crippen LogP contribution in [-0.4, -0.2) is 57.3 Å². The highest BCUT2D eigenvalue weighted by molar-refractivity contribution is 6.59. The van der Waals surface area contributed by atoms with Crippen molar-refractivity contribution in [2.75, 3.05) is 13.1 Å². The van der Waals surface area contributed by atoms with E-state index in [9.17, 15) is 33.1 Å². The molecule has 0 spiro atoms. The largest absolute Gasteiger partial charge is 0.488 e. The number of carbonyl (C=O) groups excluding carboxylic acids is 1. The van der Waals surface area contributed by atoms with E-state index in [1.165, 1.54) is 17.0 Å². The molecule has 30 heavy (non-hydrogen) atoms. The highest BCUT2D eigenvalue weighted by Gasteiger charge is 2.32. The molecule has 1 aromatic carbocycles. The minimum Gasteiger partial charge on any atom is -0.474 e. The van der Waals surface area contributed by atoms with Crippen LogP contribution >= 0.6 is 0 Å². The van der Waals surface area contributed by atoms with Crippen molar-refractivity contribution in [3.05, 3.63) is 53.7 Å². The molecule has 3 N–H and O–H groups in total. The maximum atomic E-state index is 12.6. The molecule has 3 rings (SSSR count). The number of piperidine rings is 1. The Balaban J connectivity index is 1.57. The molecule has 1 saturated heterocycles. The Labute approximate surface area is 170 Å². The van der Waals surface area contributed by atoms with Crippen LogP contribution in [0, 0.1) is 0 Å². The van der Waals surface area contributed by atoms with Gasteiger partial charge in [0.25, 0.3) is 5.91 Å². The number of carbonyl (C=O) groups is 1. The minimum atomic E-state index is -4.47. The van der Waals surface area contributed by atoms with Crippen LogP contribution in [-0.2, 0) is 11.0 Å². The third-order valence-corrected chi connectivity index (χ3v) is 4.91. The number of aromatic nitrogens is 1. The number of nitrogens with zero attached hydrogens (tertiary/aromatic N) is 2. The lowest BCUT2D eigenvalue weighted by Gasteiger charge is -2.33. The summed E-state index contributed by atoms with van der Waals surface area (Å²) in [5, 5.41) is 29.3. The minimum absolute atomic E-state index is 0.0462. The number of hydrogen-bond donors (Lipinski definition) is 3. The van der Waals surface area contributed by atoms with E-state index < -0.39 is 30.9 Å². The normalized spacial score (nSPS) is 16.3. The first-order valence-corrected chi connectivity index (χ1v) is 9.28. The van der Waals surface area contributed by atoms with Gasteiger partial charge in [-0.25, -0.2) is 4.98 Å². The molecule has 1 atom stereocenters. The lowest BCUT2D eigenvalue weighted by molar-refractivity contribution is -0.142. The third-order valence-electron chi connectivity index (χ3n) is 4.91. The van der Waals surface area contributed by atoms with Gasteiger partial charge in [-0.05, 0) is 17.1 Å². The summed E-state index contributed by atoms with van der Waals surface area (Å²) in [4.78, 5) is 17.7. The molecule has 2 heterocycles. The third kappa shape index (κ3) is 5.10. The van der Waals surface area contributed by atoms with Crippen molar-refractivity contribution >= 4 is 18.5 Å². The molecule has 1 amide bonds. The monoisotopic (exact) mass is 424 g/mol. The van der Waals surface area contributed by atoms with Gasteiger partial charge in [-0.3, -0.25) is 4.79 Å². The molecule has 160 valence electrons. The topological polar surface area (TPSA) is 103 Å². The molecule has 1 unspecified atom stereocenters. The highest BCUT2D eigenvalue weighted by atomic mass is 19.4. The van der Waals surface area contributed by atoms with Crippen LogP contribution in [0.3, 0.4) is 0 Å². The van der Waals surface area contributed by atoms with E-state index in [1.807, 2.05) is 0 Å². The zero-order valence-corrected chi connectivity index (χ0v) is 15.8. The molecule has 0 radical (unpaired) electrons. The summed E-state index contributed by atoms with van der Waals surface area (Å²) in [6.07, 6.45) is -4.82. The average molecular weight is 424 g/mol. The first-order valence-electron chi connectivity index (χ1n) is 9.28. The molecule has 7 nitrogen and oxygen atoms in total. The van der Waals surface area contributed by atoms with Gasteiger partial charge in [0.15, 0.2) is 6.10 Å². The highest BCUT2D eigenvalue weighted by Crippen LogP contribution is 2.29. The molecule has 0 aliphatic carbocycles. The van der Waals surface area contributed by atoms with Crippen LogP contribution < -0.4 is 10.2 Å². The predicted molar refractivity (Wildman–Crippen MR) is 101 cm³/mol. The van der Waals surface area contributed by atoms with E-state index >= 15 is 0 Å². The zero-order chi connectivity index (χ0) is 21.9. The van der Waals surface area contributed by atoms with E-state index in [1.54, 1.807) is 12.1 Å². The molecule has 0 bridgehead atoms. The van der Waals surface area contributed by atoms with Gasteiger partial charge < -0.3 is 24.8 Å². The second kappa shape index (κ2) is 9.03. The van der Waals surface area contributed by atoms with Gasteiger partial charge in [0.2, 0.25) is 5.88 Å². The Morgan fingerprint density at radius 1 is 1.17 bits per heavy atom. The van der Waals surface area contributed by atoms with Gasteiger partial charge >= 0.3 is 13.3 Å². The summed E-state index contributed by atoms with van der Waals surface area (Å²) in [5.74, 6) is -0.507. The molecule has 0 saturated carbocycles. The smallest absolute Gasteiger partial charge is 0.474 e. The van der Waals surface area contributed by atoms with Gasteiger partial charge in [0.05, 0.1) is 5.56 Å². The molecule has 1 aliphatic rings. The number of rotatable bonds is 5. The van der Waals surface area contributed by atoms with Crippen molar-refractivity contribution in [2.45, 2.75) is 31.2 Å². The van der Waals surface area contributed by atoms with Gasteiger partial charge in [0.1, 0.15) is 6.10 Å². The van der Waals surface area contributed by atoms with Gasteiger partial charge in [0, 0.05) is 38.2 Å². The summed E-state index contributed by atoms with van der Waals surface area (Å²) in [6, 6.07) is 8.05. The number of halogens is 3. The van der Waals surface area contributed by atoms with Gasteiger partial charge in [-0.15, -0.1) is 0 Å². The van der Waals surface area contributed by atoms with Crippen molar-refractivity contribution in [3.8, 4) is 5.88 Å². The molecular weight excluding hydrogens is 404 g/mol. The number of aliphatic hydroxyl groups is 1. The van der Waals surface area contributed by atoms with Crippen molar-refractivity contribution < 1.29 is 37.9 Å². The quantitative estimate of drug-likeness (QED) is 0.617. The van der Waals surface area contributed by atoms with E-state index in [2.05, 4.69) is 4.98 Å². The number of hydrogen-bond acceptors (Lipinski definition) is 6. The van der Waals surface area contributed by atoms with Crippen molar-refractivity contribution in [2.24, 2.45) is 0 Å². The zero-order valence-electron chi connectivity index (χ0n) is 15.8. The number of likely N-dealkylation sites (tertiary alicyclic amines) is 1. The lowest BCUT2D eigenvalue weighted by atomic mass is 9.75. The number of ether oxygens (including phenoxy) is 1. The van der Waals surface area contributed by atoms with Crippen LogP contribution in [0.1, 0.15) is 30.1 Å². The molecule has 1 aliphatic heterocycles. The Morgan fingerprint density at radius 2 is 1.83 bits per heavy atom. The van der Waals surface area contributed by atoms with Gasteiger partial charge in [-0.1, -0.05) is 24.3 Å². The standard InChI is InChI=1S/C19H20BF3N2O5/c21-19(22,23)12-5-6-16(24-11-12)30-13-7-9-25(10-8-13)18(27)17(26)14-3-1-2-4-15(14)20(28)29/h1-6,11,13,17,26,28-29H,7-10H2. The summed E-state index contributed by atoms with van der Waals surface area (Å²) in [5.41, 5.74) is -0.702. The average Bonchev–Trinajstić information content (AvgIpc) is 2.73. The fourth-order valence-corrected chi connectivity index (χ4v) is 3.28. The lowest BCUT2D eigenvalue weighted by Crippen LogP contribution is -2.45. The summed E-state index contributed by atoms with van der Waals surface area (Å²) < 4.78 is 43.4. The van der Waals surface area contributed by atoms with Crippen molar-refractivity contribution in [1.82, 2.24) is 9.88 Å². The number of pyridine rings is 1. The second-order valence-corrected chi connectivity index (χ2v) is 6.93. The summed E-state index contributed by atoms with van der Waals surface area (Å²) >= 11 is 0.